The maximum absolute atomic E-state index is 13.1. The van der Waals surface area contributed by atoms with Gasteiger partial charge in [-0.2, -0.15) is 0 Å². The third-order valence-corrected chi connectivity index (χ3v) is 5.43. The summed E-state index contributed by atoms with van der Waals surface area (Å²) in [6.07, 6.45) is 3.55. The monoisotopic (exact) mass is 407 g/mol. The number of hydrogen-bond acceptors (Lipinski definition) is 4. The van der Waals surface area contributed by atoms with Crippen LogP contribution in [0.3, 0.4) is 0 Å². The highest BCUT2D eigenvalue weighted by Gasteiger charge is 2.20. The van der Waals surface area contributed by atoms with E-state index in [-0.39, 0.29) is 11.7 Å². The molecule has 0 N–H and O–H groups in total. The molecule has 0 bridgehead atoms. The lowest BCUT2D eigenvalue weighted by molar-refractivity contribution is -0.131. The van der Waals surface area contributed by atoms with Crippen LogP contribution in [0, 0.1) is 5.82 Å². The van der Waals surface area contributed by atoms with Crippen molar-refractivity contribution in [1.82, 2.24) is 14.8 Å². The second-order valence-electron chi connectivity index (χ2n) is 7.62. The molecule has 30 heavy (non-hydrogen) atoms. The van der Waals surface area contributed by atoms with Crippen molar-refractivity contribution in [1.29, 1.82) is 0 Å². The molecule has 1 aliphatic heterocycles. The smallest absolute Gasteiger partial charge is 0.223 e. The quantitative estimate of drug-likeness (QED) is 0.616. The summed E-state index contributed by atoms with van der Waals surface area (Å²) in [5.74, 6) is 1.24. The summed E-state index contributed by atoms with van der Waals surface area (Å²) >= 11 is 0. The summed E-state index contributed by atoms with van der Waals surface area (Å²) in [6, 6.07) is 16.5. The maximum Gasteiger partial charge on any atom is 0.223 e. The van der Waals surface area contributed by atoms with Crippen molar-refractivity contribution >= 4 is 5.91 Å². The summed E-state index contributed by atoms with van der Waals surface area (Å²) in [6.45, 7) is 4.00. The molecule has 1 aromatic heterocycles. The zero-order valence-electron chi connectivity index (χ0n) is 17.0. The number of benzene rings is 2. The van der Waals surface area contributed by atoms with Gasteiger partial charge in [0.1, 0.15) is 5.82 Å². The lowest BCUT2D eigenvalue weighted by atomic mass is 10.2. The Kier molecular flexibility index (Phi) is 6.54. The van der Waals surface area contributed by atoms with Crippen LogP contribution >= 0.6 is 0 Å². The van der Waals surface area contributed by atoms with Crippen LogP contribution in [-0.4, -0.2) is 46.9 Å². The Hall–Kier alpha value is -2.99. The van der Waals surface area contributed by atoms with Gasteiger partial charge in [0.25, 0.3) is 0 Å². The molecule has 4 rings (SSSR count). The molecule has 3 aromatic rings. The van der Waals surface area contributed by atoms with Crippen LogP contribution in [0.2, 0.25) is 0 Å². The molecule has 1 fully saturated rings. The fraction of sp³-hybridized carbons (Fsp3) is 0.333. The second kappa shape index (κ2) is 9.67. The van der Waals surface area contributed by atoms with Crippen LogP contribution in [0.25, 0.3) is 11.3 Å². The molecule has 1 amide bonds. The number of aryl methyl sites for hydroxylation is 1. The van der Waals surface area contributed by atoms with E-state index in [2.05, 4.69) is 9.88 Å². The Bertz CT molecular complexity index is 956. The van der Waals surface area contributed by atoms with Crippen LogP contribution in [0.4, 0.5) is 4.39 Å². The summed E-state index contributed by atoms with van der Waals surface area (Å²) in [4.78, 5) is 21.3. The molecule has 1 saturated heterocycles. The van der Waals surface area contributed by atoms with Crippen molar-refractivity contribution in [2.45, 2.75) is 25.8 Å². The Labute approximate surface area is 176 Å². The van der Waals surface area contributed by atoms with E-state index in [1.54, 1.807) is 6.20 Å². The topological polar surface area (TPSA) is 49.6 Å². The van der Waals surface area contributed by atoms with Crippen molar-refractivity contribution in [2.75, 3.05) is 26.2 Å². The number of halogens is 1. The predicted octanol–water partition coefficient (Wildman–Crippen LogP) is 4.15. The molecule has 0 radical (unpaired) electrons. The molecule has 0 aliphatic carbocycles. The molecule has 2 heterocycles. The zero-order valence-corrected chi connectivity index (χ0v) is 17.0. The number of oxazole rings is 1. The molecule has 1 aliphatic rings. The van der Waals surface area contributed by atoms with Gasteiger partial charge in [-0.05, 0) is 24.1 Å². The van der Waals surface area contributed by atoms with E-state index in [0.29, 0.717) is 25.3 Å². The fourth-order valence-corrected chi connectivity index (χ4v) is 3.76. The second-order valence-corrected chi connectivity index (χ2v) is 7.62. The van der Waals surface area contributed by atoms with Crippen LogP contribution in [0.1, 0.15) is 24.3 Å². The fourth-order valence-electron chi connectivity index (χ4n) is 3.76. The van der Waals surface area contributed by atoms with Crippen molar-refractivity contribution in [3.8, 4) is 11.3 Å². The summed E-state index contributed by atoms with van der Waals surface area (Å²) in [5, 5.41) is 0. The maximum atomic E-state index is 13.1. The van der Waals surface area contributed by atoms with Crippen molar-refractivity contribution in [3.05, 3.63) is 78.1 Å². The standard InChI is InChI=1S/C24H26FN3O2/c25-21-9-7-19(8-10-21)18-27-13-4-14-28(16-15-27)24(29)12-11-23-26-17-22(30-23)20-5-2-1-3-6-20/h1-3,5-10,17H,4,11-16,18H2. The van der Waals surface area contributed by atoms with E-state index in [0.717, 1.165) is 49.5 Å². The first-order valence-electron chi connectivity index (χ1n) is 10.4. The number of hydrogen-bond donors (Lipinski definition) is 0. The minimum Gasteiger partial charge on any atom is -0.441 e. The number of nitrogens with zero attached hydrogens (tertiary/aromatic N) is 3. The molecular weight excluding hydrogens is 381 g/mol. The first-order valence-corrected chi connectivity index (χ1v) is 10.4. The molecule has 2 aromatic carbocycles. The Morgan fingerprint density at radius 3 is 2.60 bits per heavy atom. The molecular formula is C24H26FN3O2. The Morgan fingerprint density at radius 1 is 1.00 bits per heavy atom. The highest BCUT2D eigenvalue weighted by atomic mass is 19.1. The van der Waals surface area contributed by atoms with Crippen LogP contribution in [-0.2, 0) is 17.8 Å². The molecule has 0 saturated carbocycles. The largest absolute Gasteiger partial charge is 0.441 e. The lowest BCUT2D eigenvalue weighted by Crippen LogP contribution is -2.35. The van der Waals surface area contributed by atoms with Crippen molar-refractivity contribution in [2.24, 2.45) is 0 Å². The average Bonchev–Trinajstić information content (AvgIpc) is 3.13. The van der Waals surface area contributed by atoms with E-state index in [9.17, 15) is 9.18 Å². The van der Waals surface area contributed by atoms with E-state index in [1.165, 1.54) is 12.1 Å². The van der Waals surface area contributed by atoms with Gasteiger partial charge in [0, 0.05) is 51.1 Å². The Morgan fingerprint density at radius 2 is 1.80 bits per heavy atom. The minimum absolute atomic E-state index is 0.137. The van der Waals surface area contributed by atoms with Gasteiger partial charge in [0.2, 0.25) is 5.91 Å². The van der Waals surface area contributed by atoms with Crippen LogP contribution < -0.4 is 0 Å². The van der Waals surface area contributed by atoms with Gasteiger partial charge >= 0.3 is 0 Å². The predicted molar refractivity (Wildman–Crippen MR) is 113 cm³/mol. The first-order chi connectivity index (χ1) is 14.7. The van der Waals surface area contributed by atoms with Crippen molar-refractivity contribution in [3.63, 3.8) is 0 Å². The number of amides is 1. The van der Waals surface area contributed by atoms with E-state index in [1.807, 2.05) is 47.4 Å². The van der Waals surface area contributed by atoms with Crippen LogP contribution in [0.15, 0.2) is 65.2 Å². The SMILES string of the molecule is O=C(CCc1ncc(-c2ccccc2)o1)N1CCCN(Cc2ccc(F)cc2)CC1. The van der Waals surface area contributed by atoms with Gasteiger partial charge in [0.05, 0.1) is 6.20 Å². The minimum atomic E-state index is -0.215. The summed E-state index contributed by atoms with van der Waals surface area (Å²) in [7, 11) is 0. The molecule has 0 atom stereocenters. The van der Waals surface area contributed by atoms with Crippen molar-refractivity contribution < 1.29 is 13.6 Å². The zero-order chi connectivity index (χ0) is 20.8. The van der Waals surface area contributed by atoms with Gasteiger partial charge in [-0.25, -0.2) is 9.37 Å². The molecule has 0 unspecified atom stereocenters. The van der Waals surface area contributed by atoms with E-state index >= 15 is 0 Å². The molecule has 156 valence electrons. The molecule has 6 heteroatoms. The number of aromatic nitrogens is 1. The van der Waals surface area contributed by atoms with Gasteiger partial charge in [-0.1, -0.05) is 42.5 Å². The number of carbonyl (C=O) groups excluding carboxylic acids is 1. The van der Waals surface area contributed by atoms with Gasteiger partial charge in [-0.15, -0.1) is 0 Å². The highest BCUT2D eigenvalue weighted by molar-refractivity contribution is 5.76. The lowest BCUT2D eigenvalue weighted by Gasteiger charge is -2.22. The van der Waals surface area contributed by atoms with Gasteiger partial charge < -0.3 is 9.32 Å². The third kappa shape index (κ3) is 5.33. The highest BCUT2D eigenvalue weighted by Crippen LogP contribution is 2.20. The normalized spacial score (nSPS) is 15.2. The average molecular weight is 407 g/mol. The summed E-state index contributed by atoms with van der Waals surface area (Å²) < 4.78 is 18.9. The number of carbonyl (C=O) groups is 1. The van der Waals surface area contributed by atoms with Gasteiger partial charge in [0.15, 0.2) is 11.7 Å². The molecule has 0 spiro atoms. The van der Waals surface area contributed by atoms with Crippen LogP contribution in [0.5, 0.6) is 0 Å². The number of rotatable bonds is 6. The first kappa shape index (κ1) is 20.3. The molecule has 5 nitrogen and oxygen atoms in total. The van der Waals surface area contributed by atoms with E-state index < -0.39 is 0 Å². The third-order valence-electron chi connectivity index (χ3n) is 5.43. The van der Waals surface area contributed by atoms with Gasteiger partial charge in [-0.3, -0.25) is 9.69 Å². The summed E-state index contributed by atoms with van der Waals surface area (Å²) in [5.41, 5.74) is 2.07. The van der Waals surface area contributed by atoms with E-state index in [4.69, 9.17) is 4.42 Å². The Balaban J connectivity index is 1.26.